The van der Waals surface area contributed by atoms with Gasteiger partial charge in [0.25, 0.3) is 0 Å². The van der Waals surface area contributed by atoms with Crippen LogP contribution in [0, 0.1) is 11.3 Å². The lowest BCUT2D eigenvalue weighted by molar-refractivity contribution is -0.132. The predicted octanol–water partition coefficient (Wildman–Crippen LogP) is 2.26. The Bertz CT molecular complexity index is 438. The minimum absolute atomic E-state index is 0.214. The average molecular weight is 219 g/mol. The van der Waals surface area contributed by atoms with Crippen molar-refractivity contribution in [1.29, 1.82) is 5.26 Å². The van der Waals surface area contributed by atoms with Crippen molar-refractivity contribution in [3.05, 3.63) is 46.9 Å². The summed E-state index contributed by atoms with van der Waals surface area (Å²) in [7, 11) is 0. The molecule has 0 amide bonds. The molecule has 0 aliphatic carbocycles. The normalized spacial score (nSPS) is 18.3. The Morgan fingerprint density at radius 3 is 2.60 bits per heavy atom. The summed E-state index contributed by atoms with van der Waals surface area (Å²) >= 11 is 1.46. The summed E-state index contributed by atoms with van der Waals surface area (Å²) in [6.45, 7) is 7.24. The number of carboxylic acids is 1. The first-order chi connectivity index (χ1) is 7.15. The van der Waals surface area contributed by atoms with Crippen molar-refractivity contribution in [2.45, 2.75) is 0 Å². The number of aliphatic carboxylic acids is 1. The molecule has 76 valence electrons. The van der Waals surface area contributed by atoms with E-state index < -0.39 is 5.97 Å². The van der Waals surface area contributed by atoms with Crippen LogP contribution in [0.25, 0.3) is 0 Å². The maximum atomic E-state index is 10.8. The Morgan fingerprint density at radius 1 is 1.53 bits per heavy atom. The zero-order valence-electron chi connectivity index (χ0n) is 7.99. The minimum Gasteiger partial charge on any atom is -0.477 e. The zero-order valence-corrected chi connectivity index (χ0v) is 8.80. The number of carbonyl (C=O) groups is 1. The van der Waals surface area contributed by atoms with Gasteiger partial charge in [0.15, 0.2) is 0 Å². The molecule has 15 heavy (non-hydrogen) atoms. The number of allylic oxidation sites excluding steroid dienone is 3. The first-order valence-electron chi connectivity index (χ1n) is 4.14. The molecule has 0 aromatic rings. The van der Waals surface area contributed by atoms with Gasteiger partial charge in [-0.1, -0.05) is 25.3 Å². The standard InChI is InChI=1S/C11H9NO2S/c1-3-7-9(6-15-10(7)4-2)8(5-12)11(13)14/h3-4H,1-2,6H2,(H,13,14)/b9-8-. The second kappa shape index (κ2) is 4.67. The van der Waals surface area contributed by atoms with Crippen LogP contribution in [-0.2, 0) is 4.79 Å². The Morgan fingerprint density at radius 2 is 2.20 bits per heavy atom. The van der Waals surface area contributed by atoms with E-state index in [0.29, 0.717) is 16.9 Å². The van der Waals surface area contributed by atoms with Crippen molar-refractivity contribution in [1.82, 2.24) is 0 Å². The van der Waals surface area contributed by atoms with Gasteiger partial charge in [-0.2, -0.15) is 5.26 Å². The van der Waals surface area contributed by atoms with E-state index in [2.05, 4.69) is 13.2 Å². The second-order valence-corrected chi connectivity index (χ2v) is 3.76. The van der Waals surface area contributed by atoms with E-state index in [0.717, 1.165) is 4.91 Å². The van der Waals surface area contributed by atoms with Crippen LogP contribution in [0.15, 0.2) is 46.9 Å². The minimum atomic E-state index is -1.20. The molecule has 0 bridgehead atoms. The molecule has 3 nitrogen and oxygen atoms in total. The van der Waals surface area contributed by atoms with E-state index >= 15 is 0 Å². The first-order valence-corrected chi connectivity index (χ1v) is 5.13. The Labute approximate surface area is 92.1 Å². The van der Waals surface area contributed by atoms with Gasteiger partial charge >= 0.3 is 5.97 Å². The topological polar surface area (TPSA) is 61.1 Å². The van der Waals surface area contributed by atoms with Crippen molar-refractivity contribution in [3.8, 4) is 6.07 Å². The molecule has 0 saturated heterocycles. The molecule has 1 aliphatic heterocycles. The predicted molar refractivity (Wildman–Crippen MR) is 60.2 cm³/mol. The number of nitrogens with zero attached hydrogens (tertiary/aromatic N) is 1. The summed E-state index contributed by atoms with van der Waals surface area (Å²) < 4.78 is 0. The van der Waals surface area contributed by atoms with E-state index in [1.54, 1.807) is 18.2 Å². The number of rotatable bonds is 3. The number of carboxylic acid groups (broad SMARTS) is 1. The van der Waals surface area contributed by atoms with Crippen LogP contribution in [0.5, 0.6) is 0 Å². The van der Waals surface area contributed by atoms with Crippen molar-refractivity contribution >= 4 is 17.7 Å². The van der Waals surface area contributed by atoms with Crippen LogP contribution < -0.4 is 0 Å². The van der Waals surface area contributed by atoms with Gasteiger partial charge in [-0.3, -0.25) is 0 Å². The molecule has 0 radical (unpaired) electrons. The molecule has 0 aromatic carbocycles. The van der Waals surface area contributed by atoms with Gasteiger partial charge in [-0.05, 0) is 11.1 Å². The fraction of sp³-hybridized carbons (Fsp3) is 0.0909. The van der Waals surface area contributed by atoms with Crippen LogP contribution in [0.2, 0.25) is 0 Å². The largest absolute Gasteiger partial charge is 0.477 e. The monoisotopic (exact) mass is 219 g/mol. The fourth-order valence-corrected chi connectivity index (χ4v) is 2.38. The van der Waals surface area contributed by atoms with Gasteiger partial charge in [-0.25, -0.2) is 4.79 Å². The number of hydrogen-bond acceptors (Lipinski definition) is 3. The molecule has 0 spiro atoms. The Kier molecular flexibility index (Phi) is 3.53. The zero-order chi connectivity index (χ0) is 11.4. The molecule has 0 aromatic heterocycles. The number of thioether (sulfide) groups is 1. The molecule has 1 aliphatic rings. The van der Waals surface area contributed by atoms with Crippen molar-refractivity contribution < 1.29 is 9.90 Å². The van der Waals surface area contributed by atoms with Gasteiger partial charge in [-0.15, -0.1) is 11.8 Å². The quantitative estimate of drug-likeness (QED) is 0.584. The molecular formula is C11H9NO2S. The summed E-state index contributed by atoms with van der Waals surface area (Å²) in [4.78, 5) is 11.7. The highest BCUT2D eigenvalue weighted by atomic mass is 32.2. The molecular weight excluding hydrogens is 210 g/mol. The fourth-order valence-electron chi connectivity index (χ4n) is 1.30. The lowest BCUT2D eigenvalue weighted by atomic mass is 10.0. The summed E-state index contributed by atoms with van der Waals surface area (Å²) in [6, 6.07) is 1.70. The molecule has 1 rings (SSSR count). The van der Waals surface area contributed by atoms with Gasteiger partial charge < -0.3 is 5.11 Å². The highest BCUT2D eigenvalue weighted by molar-refractivity contribution is 8.03. The van der Waals surface area contributed by atoms with Gasteiger partial charge in [0.1, 0.15) is 11.6 Å². The van der Waals surface area contributed by atoms with Crippen LogP contribution in [-0.4, -0.2) is 16.8 Å². The van der Waals surface area contributed by atoms with Crippen molar-refractivity contribution in [2.24, 2.45) is 0 Å². The highest BCUT2D eigenvalue weighted by Crippen LogP contribution is 2.38. The molecule has 1 heterocycles. The van der Waals surface area contributed by atoms with Crippen LogP contribution >= 0.6 is 11.8 Å². The average Bonchev–Trinajstić information content (AvgIpc) is 2.61. The SMILES string of the molecule is C=CC1=C(C=C)/C(=C(/C#N)C(=O)O)CS1. The second-order valence-electron chi connectivity index (χ2n) is 2.75. The lowest BCUT2D eigenvalue weighted by Crippen LogP contribution is -2.03. The van der Waals surface area contributed by atoms with E-state index in [1.165, 1.54) is 11.8 Å². The first kappa shape index (κ1) is 11.3. The maximum absolute atomic E-state index is 10.8. The molecule has 4 heteroatoms. The van der Waals surface area contributed by atoms with Crippen molar-refractivity contribution in [2.75, 3.05) is 5.75 Å². The van der Waals surface area contributed by atoms with Gasteiger partial charge in [0, 0.05) is 10.7 Å². The molecule has 0 fully saturated rings. The summed E-state index contributed by atoms with van der Waals surface area (Å²) in [5, 5.41) is 17.6. The lowest BCUT2D eigenvalue weighted by Gasteiger charge is -2.00. The van der Waals surface area contributed by atoms with Gasteiger partial charge in [0.2, 0.25) is 0 Å². The summed E-state index contributed by atoms with van der Waals surface area (Å²) in [5.41, 5.74) is 1.02. The van der Waals surface area contributed by atoms with E-state index in [9.17, 15) is 4.79 Å². The highest BCUT2D eigenvalue weighted by Gasteiger charge is 2.23. The smallest absolute Gasteiger partial charge is 0.346 e. The third-order valence-electron chi connectivity index (χ3n) is 1.98. The summed E-state index contributed by atoms with van der Waals surface area (Å²) in [6.07, 6.45) is 3.21. The molecule has 0 atom stereocenters. The Hall–Kier alpha value is -1.73. The van der Waals surface area contributed by atoms with Crippen molar-refractivity contribution in [3.63, 3.8) is 0 Å². The maximum Gasteiger partial charge on any atom is 0.346 e. The molecule has 0 saturated carbocycles. The van der Waals surface area contributed by atoms with Crippen LogP contribution in [0.4, 0.5) is 0 Å². The van der Waals surface area contributed by atoms with E-state index in [-0.39, 0.29) is 5.57 Å². The van der Waals surface area contributed by atoms with Crippen LogP contribution in [0.1, 0.15) is 0 Å². The third kappa shape index (κ3) is 2.03. The van der Waals surface area contributed by atoms with E-state index in [1.807, 2.05) is 0 Å². The third-order valence-corrected chi connectivity index (χ3v) is 3.11. The number of hydrogen-bond donors (Lipinski definition) is 1. The Balaban J connectivity index is 3.37. The molecule has 0 unspecified atom stereocenters. The summed E-state index contributed by atoms with van der Waals surface area (Å²) in [5.74, 6) is -0.712. The van der Waals surface area contributed by atoms with Gasteiger partial charge in [0.05, 0.1) is 0 Å². The molecule has 1 N–H and O–H groups in total. The number of nitriles is 1. The van der Waals surface area contributed by atoms with E-state index in [4.69, 9.17) is 10.4 Å². The van der Waals surface area contributed by atoms with Crippen LogP contribution in [0.3, 0.4) is 0 Å².